The van der Waals surface area contributed by atoms with Crippen molar-refractivity contribution in [2.75, 3.05) is 0 Å². The lowest BCUT2D eigenvalue weighted by Gasteiger charge is -2.16. The largest absolute Gasteiger partial charge is 0.490 e. The average Bonchev–Trinajstić information content (AvgIpc) is 2.74. The Kier molecular flexibility index (Phi) is 2.95. The average molecular weight is 203 g/mol. The maximum atomic E-state index is 5.96. The lowest BCUT2D eigenvalue weighted by Crippen LogP contribution is -2.13. The van der Waals surface area contributed by atoms with Crippen LogP contribution in [0, 0.1) is 0 Å². The van der Waals surface area contributed by atoms with Crippen LogP contribution in [0.1, 0.15) is 26.7 Å². The van der Waals surface area contributed by atoms with Gasteiger partial charge in [-0.25, -0.2) is 0 Å². The first-order valence-electron chi connectivity index (χ1n) is 5.58. The van der Waals surface area contributed by atoms with Gasteiger partial charge >= 0.3 is 0 Å². The minimum atomic E-state index is 0.325. The molecule has 0 bridgehead atoms. The summed E-state index contributed by atoms with van der Waals surface area (Å²) in [5, 5.41) is 1.17. The van der Waals surface area contributed by atoms with Crippen LogP contribution in [0.2, 0.25) is 0 Å². The highest BCUT2D eigenvalue weighted by molar-refractivity contribution is 5.85. The third-order valence-electron chi connectivity index (χ3n) is 2.76. The van der Waals surface area contributed by atoms with E-state index in [1.807, 2.05) is 18.3 Å². The molecule has 0 aliphatic rings. The molecule has 0 saturated carbocycles. The second-order valence-corrected chi connectivity index (χ2v) is 3.75. The topological polar surface area (TPSA) is 25.0 Å². The van der Waals surface area contributed by atoms with Crippen molar-refractivity contribution in [3.8, 4) is 5.75 Å². The monoisotopic (exact) mass is 203 g/mol. The summed E-state index contributed by atoms with van der Waals surface area (Å²) >= 11 is 0. The molecule has 0 aliphatic heterocycles. The number of aromatic amines is 1. The Balaban J connectivity index is 2.30. The van der Waals surface area contributed by atoms with E-state index in [1.54, 1.807) is 0 Å². The molecule has 0 spiro atoms. The van der Waals surface area contributed by atoms with Crippen LogP contribution < -0.4 is 4.74 Å². The van der Waals surface area contributed by atoms with Gasteiger partial charge in [0.05, 0.1) is 6.10 Å². The van der Waals surface area contributed by atoms with Crippen LogP contribution in [0.5, 0.6) is 5.75 Å². The number of fused-ring (bicyclic) bond motifs is 1. The van der Waals surface area contributed by atoms with Crippen molar-refractivity contribution in [3.63, 3.8) is 0 Å². The van der Waals surface area contributed by atoms with Gasteiger partial charge in [0.15, 0.2) is 0 Å². The first-order chi connectivity index (χ1) is 7.35. The molecule has 1 heterocycles. The summed E-state index contributed by atoms with van der Waals surface area (Å²) in [7, 11) is 0. The van der Waals surface area contributed by atoms with Gasteiger partial charge in [0.25, 0.3) is 0 Å². The molecule has 15 heavy (non-hydrogen) atoms. The van der Waals surface area contributed by atoms with Crippen molar-refractivity contribution in [1.82, 2.24) is 4.98 Å². The predicted octanol–water partition coefficient (Wildman–Crippen LogP) is 3.74. The van der Waals surface area contributed by atoms with Gasteiger partial charge < -0.3 is 9.72 Å². The zero-order valence-corrected chi connectivity index (χ0v) is 9.29. The Labute approximate surface area is 90.3 Å². The van der Waals surface area contributed by atoms with Gasteiger partial charge in [0.2, 0.25) is 0 Å². The molecule has 0 amide bonds. The molecule has 1 N–H and O–H groups in total. The number of ether oxygens (including phenoxy) is 1. The molecular weight excluding hydrogens is 186 g/mol. The molecule has 1 aromatic heterocycles. The Hall–Kier alpha value is -1.44. The number of hydrogen-bond donors (Lipinski definition) is 1. The number of nitrogens with one attached hydrogen (secondary N) is 1. The lowest BCUT2D eigenvalue weighted by molar-refractivity contribution is 0.195. The fraction of sp³-hybridized carbons (Fsp3) is 0.385. The molecule has 1 aromatic carbocycles. The van der Waals surface area contributed by atoms with Crippen molar-refractivity contribution in [2.45, 2.75) is 32.8 Å². The van der Waals surface area contributed by atoms with E-state index in [4.69, 9.17) is 4.74 Å². The maximum Gasteiger partial charge on any atom is 0.129 e. The summed E-state index contributed by atoms with van der Waals surface area (Å²) in [5.41, 5.74) is 1.14. The van der Waals surface area contributed by atoms with Crippen LogP contribution in [0.4, 0.5) is 0 Å². The number of benzene rings is 1. The number of hydrogen-bond acceptors (Lipinski definition) is 1. The molecule has 80 valence electrons. The van der Waals surface area contributed by atoms with Gasteiger partial charge in [-0.2, -0.15) is 0 Å². The van der Waals surface area contributed by atoms with E-state index in [0.29, 0.717) is 6.10 Å². The van der Waals surface area contributed by atoms with Gasteiger partial charge in [-0.05, 0) is 31.0 Å². The van der Waals surface area contributed by atoms with Crippen LogP contribution in [0.3, 0.4) is 0 Å². The van der Waals surface area contributed by atoms with Gasteiger partial charge in [0, 0.05) is 17.1 Å². The molecule has 2 aromatic rings. The summed E-state index contributed by atoms with van der Waals surface area (Å²) in [4.78, 5) is 3.19. The summed E-state index contributed by atoms with van der Waals surface area (Å²) in [6, 6.07) is 8.19. The first-order valence-corrected chi connectivity index (χ1v) is 5.58. The number of H-pyrrole nitrogens is 1. The number of aromatic nitrogens is 1. The Bertz CT molecular complexity index is 429. The minimum absolute atomic E-state index is 0.325. The molecule has 0 aliphatic carbocycles. The standard InChI is InChI=1S/C13H17NO/c1-3-10(4-2)15-13-7-5-6-12-11(13)8-9-14-12/h5-10,14H,3-4H2,1-2H3. The lowest BCUT2D eigenvalue weighted by atomic mass is 10.2. The van der Waals surface area contributed by atoms with E-state index in [2.05, 4.69) is 31.0 Å². The Morgan fingerprint density at radius 3 is 2.73 bits per heavy atom. The zero-order chi connectivity index (χ0) is 10.7. The van der Waals surface area contributed by atoms with Gasteiger partial charge in [-0.3, -0.25) is 0 Å². The molecule has 0 unspecified atom stereocenters. The highest BCUT2D eigenvalue weighted by Gasteiger charge is 2.08. The number of rotatable bonds is 4. The van der Waals surface area contributed by atoms with Crippen molar-refractivity contribution in [1.29, 1.82) is 0 Å². The molecule has 0 fully saturated rings. The third kappa shape index (κ3) is 1.99. The van der Waals surface area contributed by atoms with Crippen molar-refractivity contribution in [3.05, 3.63) is 30.5 Å². The molecule has 0 saturated heterocycles. The SMILES string of the molecule is CCC(CC)Oc1cccc2[nH]ccc12. The van der Waals surface area contributed by atoms with E-state index in [1.165, 1.54) is 5.39 Å². The van der Waals surface area contributed by atoms with Crippen LogP contribution in [0.25, 0.3) is 10.9 Å². The summed E-state index contributed by atoms with van der Waals surface area (Å²) in [5.74, 6) is 0.988. The highest BCUT2D eigenvalue weighted by atomic mass is 16.5. The molecule has 2 nitrogen and oxygen atoms in total. The van der Waals surface area contributed by atoms with Gasteiger partial charge in [-0.1, -0.05) is 19.9 Å². The van der Waals surface area contributed by atoms with E-state index in [-0.39, 0.29) is 0 Å². The summed E-state index contributed by atoms with van der Waals surface area (Å²) in [6.45, 7) is 4.32. The van der Waals surface area contributed by atoms with Crippen molar-refractivity contribution in [2.24, 2.45) is 0 Å². The van der Waals surface area contributed by atoms with E-state index in [0.717, 1.165) is 24.1 Å². The fourth-order valence-electron chi connectivity index (χ4n) is 1.79. The maximum absolute atomic E-state index is 5.96. The van der Waals surface area contributed by atoms with E-state index < -0.39 is 0 Å². The van der Waals surface area contributed by atoms with Crippen molar-refractivity contribution >= 4 is 10.9 Å². The third-order valence-corrected chi connectivity index (χ3v) is 2.76. The first kappa shape index (κ1) is 10.1. The molecular formula is C13H17NO. The second-order valence-electron chi connectivity index (χ2n) is 3.75. The van der Waals surface area contributed by atoms with Crippen LogP contribution in [-0.2, 0) is 0 Å². The van der Waals surface area contributed by atoms with Gasteiger partial charge in [0.1, 0.15) is 5.75 Å². The molecule has 2 heteroatoms. The molecule has 2 rings (SSSR count). The van der Waals surface area contributed by atoms with Crippen LogP contribution >= 0.6 is 0 Å². The normalized spacial score (nSPS) is 11.1. The van der Waals surface area contributed by atoms with E-state index >= 15 is 0 Å². The highest BCUT2D eigenvalue weighted by Crippen LogP contribution is 2.26. The summed E-state index contributed by atoms with van der Waals surface area (Å²) < 4.78 is 5.96. The molecule has 0 radical (unpaired) electrons. The predicted molar refractivity (Wildman–Crippen MR) is 63.3 cm³/mol. The second kappa shape index (κ2) is 4.39. The van der Waals surface area contributed by atoms with Crippen LogP contribution in [-0.4, -0.2) is 11.1 Å². The van der Waals surface area contributed by atoms with Crippen LogP contribution in [0.15, 0.2) is 30.5 Å². The fourth-order valence-corrected chi connectivity index (χ4v) is 1.79. The minimum Gasteiger partial charge on any atom is -0.490 e. The Morgan fingerprint density at radius 1 is 1.20 bits per heavy atom. The Morgan fingerprint density at radius 2 is 2.00 bits per heavy atom. The zero-order valence-electron chi connectivity index (χ0n) is 9.29. The van der Waals surface area contributed by atoms with Crippen molar-refractivity contribution < 1.29 is 4.74 Å². The molecule has 0 atom stereocenters. The van der Waals surface area contributed by atoms with Gasteiger partial charge in [-0.15, -0.1) is 0 Å². The summed E-state index contributed by atoms with van der Waals surface area (Å²) in [6.07, 6.45) is 4.38. The quantitative estimate of drug-likeness (QED) is 0.804. The smallest absolute Gasteiger partial charge is 0.129 e. The van der Waals surface area contributed by atoms with E-state index in [9.17, 15) is 0 Å².